The molecule has 0 spiro atoms. The Balaban J connectivity index is 3.58. The Labute approximate surface area is 77.3 Å². The summed E-state index contributed by atoms with van der Waals surface area (Å²) in [4.78, 5) is 0. The van der Waals surface area contributed by atoms with Crippen molar-refractivity contribution in [1.82, 2.24) is 0 Å². The average Bonchev–Trinajstić information content (AvgIpc) is 1.84. The van der Waals surface area contributed by atoms with Crippen LogP contribution in [0, 0.1) is 0 Å². The van der Waals surface area contributed by atoms with Gasteiger partial charge in [-0.2, -0.15) is 22.4 Å². The molecule has 0 aliphatic carbocycles. The van der Waals surface area contributed by atoms with E-state index in [1.807, 2.05) is 0 Å². The molecule has 0 nitrogen and oxygen atoms in total. The molecule has 0 unspecified atom stereocenters. The summed E-state index contributed by atoms with van der Waals surface area (Å²) in [5.41, 5.74) is 0. The average molecular weight is 213 g/mol. The van der Waals surface area contributed by atoms with Crippen LogP contribution in [-0.2, 0) is 0 Å². The van der Waals surface area contributed by atoms with Crippen molar-refractivity contribution in [3.63, 3.8) is 0 Å². The molecule has 0 bridgehead atoms. The Morgan fingerprint density at radius 1 is 1.22 bits per heavy atom. The molecule has 9 heavy (non-hydrogen) atoms. The van der Waals surface area contributed by atoms with Gasteiger partial charge >= 0.3 is 0 Å². The van der Waals surface area contributed by atoms with Crippen LogP contribution in [0.1, 0.15) is 0 Å². The Bertz CT molecular complexity index is 69.0. The van der Waals surface area contributed by atoms with Crippen molar-refractivity contribution in [1.29, 1.82) is 0 Å². The Morgan fingerprint density at radius 2 is 1.67 bits per heavy atom. The summed E-state index contributed by atoms with van der Waals surface area (Å²) in [7, 11) is 22.7. The largest absolute Gasteiger partial charge is 0.173 e. The van der Waals surface area contributed by atoms with Gasteiger partial charge in [0.15, 0.2) is 0 Å². The van der Waals surface area contributed by atoms with Crippen molar-refractivity contribution in [3.05, 3.63) is 0 Å². The molecular weight excluding hydrogens is 213 g/mol. The van der Waals surface area contributed by atoms with Crippen LogP contribution in [0.25, 0.3) is 0 Å². The summed E-state index contributed by atoms with van der Waals surface area (Å²) >= 11 is 2.07. The standard InChI is InChI=1S/B8I/c1-5-7(4)8(9)6(2)3. The number of hydrogen-bond donors (Lipinski definition) is 0. The lowest BCUT2D eigenvalue weighted by molar-refractivity contribution is 3.69. The lowest BCUT2D eigenvalue weighted by atomic mass is 8.77. The summed E-state index contributed by atoms with van der Waals surface area (Å²) < 4.78 is 0.00704. The minimum Gasteiger partial charge on any atom is -0.173 e. The van der Waals surface area contributed by atoms with Gasteiger partial charge in [0.05, 0.1) is 0 Å². The van der Waals surface area contributed by atoms with Crippen molar-refractivity contribution in [2.24, 2.45) is 0 Å². The van der Waals surface area contributed by atoms with Crippen LogP contribution >= 0.6 is 22.4 Å². The summed E-state index contributed by atoms with van der Waals surface area (Å²) in [6, 6.07) is 0. The van der Waals surface area contributed by atoms with Gasteiger partial charge in [-0.15, -0.1) is 0 Å². The highest BCUT2D eigenvalue weighted by atomic mass is 127. The molecule has 0 saturated carbocycles. The second-order valence-corrected chi connectivity index (χ2v) is 3.23. The van der Waals surface area contributed by atoms with Crippen molar-refractivity contribution in [2.45, 2.75) is 0 Å². The summed E-state index contributed by atoms with van der Waals surface area (Å²) in [6.07, 6.45) is -0.619. The van der Waals surface area contributed by atoms with Gasteiger partial charge in [-0.3, -0.25) is 0 Å². The van der Waals surface area contributed by atoms with Gasteiger partial charge in [0.2, 0.25) is 0 Å². The quantitative estimate of drug-likeness (QED) is 0.370. The van der Waals surface area contributed by atoms with Crippen LogP contribution in [0.2, 0.25) is 0 Å². The molecule has 0 saturated heterocycles. The summed E-state index contributed by atoms with van der Waals surface area (Å²) in [6.45, 7) is 0. The molecule has 9 heteroatoms. The van der Waals surface area contributed by atoms with Crippen molar-refractivity contribution in [2.75, 3.05) is 0 Å². The Morgan fingerprint density at radius 3 is 1.78 bits per heavy atom. The third kappa shape index (κ3) is 3.84. The summed E-state index contributed by atoms with van der Waals surface area (Å²) in [5, 5.41) is 0. The van der Waals surface area contributed by atoms with Crippen LogP contribution in [0.3, 0.4) is 0 Å². The first-order valence-corrected chi connectivity index (χ1v) is 3.80. The van der Waals surface area contributed by atoms with Crippen LogP contribution < -0.4 is 0 Å². The highest BCUT2D eigenvalue weighted by molar-refractivity contribution is 14.1. The first-order valence-electron chi connectivity index (χ1n) is 2.55. The van der Waals surface area contributed by atoms with E-state index in [9.17, 15) is 0 Å². The molecule has 0 rings (SSSR count). The maximum atomic E-state index is 5.47. The van der Waals surface area contributed by atoms with E-state index in [4.69, 9.17) is 30.9 Å². The molecule has 0 amide bonds. The van der Waals surface area contributed by atoms with Crippen molar-refractivity contribution in [3.8, 4) is 0 Å². The maximum Gasteiger partial charge on any atom is 0.120 e. The van der Waals surface area contributed by atoms with Crippen molar-refractivity contribution < 1.29 is 0 Å². The van der Waals surface area contributed by atoms with Gasteiger partial charge in [-0.05, 0) is 0 Å². The molecule has 0 aromatic carbocycles. The van der Waals surface area contributed by atoms with Crippen LogP contribution in [0.4, 0.5) is 0 Å². The van der Waals surface area contributed by atoms with E-state index >= 15 is 0 Å². The van der Waals surface area contributed by atoms with Gasteiger partial charge in [-0.25, -0.2) is 0 Å². The zero-order chi connectivity index (χ0) is 7.44. The molecule has 0 atom stereocenters. The smallest absolute Gasteiger partial charge is 0.120 e. The minimum absolute atomic E-state index is 0.00704. The number of rotatable bonds is 3. The fourth-order valence-electron chi connectivity index (χ4n) is 0.363. The number of hydrogen-bond acceptors (Lipinski definition) is 0. The molecule has 0 aromatic rings. The van der Waals surface area contributed by atoms with E-state index in [2.05, 4.69) is 22.4 Å². The van der Waals surface area contributed by atoms with Crippen LogP contribution in [-0.4, -0.2) is 55.1 Å². The zero-order valence-corrected chi connectivity index (χ0v) is 7.15. The molecule has 0 fully saturated rings. The lowest BCUT2D eigenvalue weighted by Crippen LogP contribution is -2.50. The molecule has 0 aromatic heterocycles. The first kappa shape index (κ1) is 10.2. The Hall–Kier alpha value is 1.25. The topological polar surface area (TPSA) is 0 Å². The fourth-order valence-corrected chi connectivity index (χ4v) is 0.602. The molecule has 0 aliphatic rings. The predicted octanol–water partition coefficient (Wildman–Crippen LogP) is -2.16. The first-order chi connectivity index (χ1) is 4.09. The van der Waals surface area contributed by atoms with Gasteiger partial charge < -0.3 is 0 Å². The van der Waals surface area contributed by atoms with E-state index in [0.717, 1.165) is 0 Å². The molecule has 9 radical (unpaired) electrons. The van der Waals surface area contributed by atoms with Gasteiger partial charge in [0, 0.05) is 50.8 Å². The van der Waals surface area contributed by atoms with Crippen molar-refractivity contribution >= 4 is 77.5 Å². The normalized spacial score (nSPS) is 8.11. The Kier molecular flexibility index (Phi) is 5.66. The maximum absolute atomic E-state index is 5.47. The SMILES string of the molecule is [B][B]B([B])B(I)B([B])[B]. The van der Waals surface area contributed by atoms with Crippen LogP contribution in [0.5, 0.6) is 0 Å². The van der Waals surface area contributed by atoms with Gasteiger partial charge in [-0.1, -0.05) is 0 Å². The van der Waals surface area contributed by atoms with E-state index in [1.54, 1.807) is 0 Å². The second-order valence-electron chi connectivity index (χ2n) is 1.79. The zero-order valence-electron chi connectivity index (χ0n) is 5.00. The highest BCUT2D eigenvalue weighted by Gasteiger charge is 2.20. The summed E-state index contributed by atoms with van der Waals surface area (Å²) in [5.74, 6) is 0. The predicted molar refractivity (Wildman–Crippen MR) is 60.1 cm³/mol. The molecule has 0 N–H and O–H groups in total. The van der Waals surface area contributed by atoms with E-state index in [0.29, 0.717) is 0 Å². The van der Waals surface area contributed by atoms with E-state index < -0.39 is 6.39 Å². The third-order valence-corrected chi connectivity index (χ3v) is 2.62. The lowest BCUT2D eigenvalue weighted by Gasteiger charge is -2.13. The van der Waals surface area contributed by atoms with Crippen LogP contribution in [0.15, 0.2) is 0 Å². The molecule has 0 heterocycles. The minimum atomic E-state index is -0.402. The second kappa shape index (κ2) is 4.97. The van der Waals surface area contributed by atoms with E-state index in [-0.39, 0.29) is 10.7 Å². The third-order valence-electron chi connectivity index (χ3n) is 0.958. The van der Waals surface area contributed by atoms with E-state index in [1.165, 1.54) is 7.06 Å². The fraction of sp³-hybridized carbons (Fsp3) is 0. The monoisotopic (exact) mass is 215 g/mol. The molecular formula is B8I. The van der Waals surface area contributed by atoms with Gasteiger partial charge in [0.25, 0.3) is 0 Å². The number of halogens is 1. The van der Waals surface area contributed by atoms with Gasteiger partial charge in [0.1, 0.15) is 4.35 Å². The molecule has 0 aliphatic heterocycles. The molecule has 31 valence electrons. The highest BCUT2D eigenvalue weighted by Crippen LogP contribution is 1.96.